The van der Waals surface area contributed by atoms with E-state index in [1.165, 1.54) is 46.1 Å². The second kappa shape index (κ2) is 16.6. The summed E-state index contributed by atoms with van der Waals surface area (Å²) in [5, 5.41) is 1.09. The van der Waals surface area contributed by atoms with Crippen LogP contribution < -0.4 is 0 Å². The molecule has 1 unspecified atom stereocenters. The van der Waals surface area contributed by atoms with E-state index in [9.17, 15) is 22.0 Å². The molecule has 0 heterocycles. The molecular weight excluding hydrogens is 597 g/mol. The predicted molar refractivity (Wildman–Crippen MR) is 138 cm³/mol. The van der Waals surface area contributed by atoms with Crippen molar-refractivity contribution < 1.29 is 45.3 Å². The fourth-order valence-electron chi connectivity index (χ4n) is 3.37. The van der Waals surface area contributed by atoms with Gasteiger partial charge in [0.25, 0.3) is 0 Å². The maximum atomic E-state index is 13.8. The van der Waals surface area contributed by atoms with Crippen molar-refractivity contribution in [1.82, 2.24) is 0 Å². The van der Waals surface area contributed by atoms with Gasteiger partial charge in [0.2, 0.25) is 0 Å². The van der Waals surface area contributed by atoms with Gasteiger partial charge < -0.3 is 14.9 Å². The van der Waals surface area contributed by atoms with E-state index in [4.69, 9.17) is 0 Å². The van der Waals surface area contributed by atoms with Crippen LogP contribution in [0.25, 0.3) is 21.9 Å². The van der Waals surface area contributed by atoms with Crippen LogP contribution in [0.5, 0.6) is 0 Å². The molecule has 1 atom stereocenters. The molecule has 0 N–H and O–H groups in total. The van der Waals surface area contributed by atoms with Gasteiger partial charge in [-0.1, -0.05) is 32.8 Å². The second-order valence-corrected chi connectivity index (χ2v) is 7.08. The van der Waals surface area contributed by atoms with Crippen molar-refractivity contribution in [3.63, 3.8) is 0 Å². The van der Waals surface area contributed by atoms with Gasteiger partial charge in [0.15, 0.2) is 29.1 Å². The average molecular weight is 625 g/mol. The van der Waals surface area contributed by atoms with Gasteiger partial charge in [0, 0.05) is 5.56 Å². The van der Waals surface area contributed by atoms with E-state index in [-0.39, 0.29) is 45.2 Å². The molecule has 3 aromatic carbocycles. The van der Waals surface area contributed by atoms with E-state index in [2.05, 4.69) is 40.7 Å². The van der Waals surface area contributed by atoms with E-state index < -0.39 is 34.6 Å². The first-order valence-corrected chi connectivity index (χ1v) is 13.5. The fourth-order valence-corrected chi connectivity index (χ4v) is 3.37. The molecule has 192 valence electrons. The van der Waals surface area contributed by atoms with E-state index in [0.29, 0.717) is 16.7 Å². The molecule has 0 nitrogen and oxygen atoms in total. The number of hydrogen-bond acceptors (Lipinski definition) is 0. The molecule has 0 spiro atoms. The van der Waals surface area contributed by atoms with Crippen LogP contribution in [0.3, 0.4) is 0 Å². The van der Waals surface area contributed by atoms with Crippen LogP contribution in [0.2, 0.25) is 0 Å². The van der Waals surface area contributed by atoms with Crippen molar-refractivity contribution in [1.29, 1.82) is 0 Å². The predicted octanol–water partition coefficient (Wildman–Crippen LogP) is 9.00. The van der Waals surface area contributed by atoms with Crippen LogP contribution in [0.15, 0.2) is 53.1 Å². The first-order valence-electron chi connectivity index (χ1n) is 9.34. The number of hydrogen-bond donors (Lipinski definition) is 0. The Labute approximate surface area is 234 Å². The maximum absolute atomic E-state index is 13.8. The van der Waals surface area contributed by atoms with Crippen molar-refractivity contribution in [3.05, 3.63) is 103 Å². The first kappa shape index (κ1) is 38.4. The van der Waals surface area contributed by atoms with Gasteiger partial charge in [-0.15, -0.1) is 78.4 Å². The van der Waals surface area contributed by atoms with Crippen molar-refractivity contribution in [3.8, 4) is 11.1 Å². The van der Waals surface area contributed by atoms with Crippen LogP contribution in [-0.4, -0.2) is 6.88 Å². The average Bonchev–Trinajstić information content (AvgIpc) is 3.29. The molecule has 35 heavy (non-hydrogen) atoms. The van der Waals surface area contributed by atoms with Gasteiger partial charge in [-0.3, -0.25) is 6.08 Å². The summed E-state index contributed by atoms with van der Waals surface area (Å²) in [6, 6.07) is 9.47. The van der Waals surface area contributed by atoms with Crippen LogP contribution in [-0.2, 0) is 23.3 Å². The molecule has 0 fully saturated rings. The van der Waals surface area contributed by atoms with Crippen molar-refractivity contribution in [2.75, 3.05) is 0 Å². The zero-order valence-corrected chi connectivity index (χ0v) is 25.3. The Hall–Kier alpha value is -1.14. The molecule has 2 radical (unpaired) electrons. The van der Waals surface area contributed by atoms with Crippen molar-refractivity contribution in [2.45, 2.75) is 27.7 Å². The number of allylic oxidation sites excluding steroid dienone is 4. The Kier molecular flexibility index (Phi) is 18.2. The minimum atomic E-state index is -2.15. The van der Waals surface area contributed by atoms with E-state index in [1.54, 1.807) is 30.3 Å². The van der Waals surface area contributed by atoms with Crippen LogP contribution >= 0.6 is 24.8 Å². The quantitative estimate of drug-likeness (QED) is 0.0834. The van der Waals surface area contributed by atoms with Crippen molar-refractivity contribution in [2.24, 2.45) is 5.92 Å². The van der Waals surface area contributed by atoms with Gasteiger partial charge >= 0.3 is 30.2 Å². The standard InChI is InChI=1S/C15H6F5.C9H13.2CH3.2ClH.Si.Zr/c16-11-10(12(17)14(19)15(20)13(11)18)9-6-5-7-3-1-2-4-8(7)9;1-6-5-7(2)9(4)8(6)3;;;;;;/h1-6H;6H,1-4H3;2*1H3;2*1H;;/q4*-1;;;;. The zero-order valence-electron chi connectivity index (χ0n) is 20.2. The third kappa shape index (κ3) is 7.92. The van der Waals surface area contributed by atoms with Gasteiger partial charge in [0.1, 0.15) is 0 Å². The number of halogens is 7. The summed E-state index contributed by atoms with van der Waals surface area (Å²) < 4.78 is 67.0. The van der Waals surface area contributed by atoms with E-state index in [1.807, 2.05) is 0 Å². The van der Waals surface area contributed by atoms with Crippen LogP contribution in [0, 0.1) is 55.9 Å². The molecule has 3 aromatic rings. The molecule has 1 aliphatic rings. The van der Waals surface area contributed by atoms with E-state index >= 15 is 0 Å². The van der Waals surface area contributed by atoms with Crippen LogP contribution in [0.1, 0.15) is 27.7 Å². The fraction of sp³-hybridized carbons (Fsp3) is 0.192. The molecule has 0 saturated carbocycles. The Morgan fingerprint density at radius 1 is 0.829 bits per heavy atom. The Bertz CT molecular complexity index is 1160. The molecule has 0 amide bonds. The number of fused-ring (bicyclic) bond motifs is 1. The van der Waals surface area contributed by atoms with Gasteiger partial charge in [-0.2, -0.15) is 11.1 Å². The molecule has 4 rings (SSSR count). The summed E-state index contributed by atoms with van der Waals surface area (Å²) in [5.41, 5.74) is 3.32. The normalized spacial score (nSPS) is 13.5. The number of benzene rings is 2. The van der Waals surface area contributed by atoms with Gasteiger partial charge in [0.05, 0.1) is 0 Å². The molecule has 9 heteroatoms. The van der Waals surface area contributed by atoms with E-state index in [0.717, 1.165) is 0 Å². The Morgan fingerprint density at radius 3 is 1.69 bits per heavy atom. The van der Waals surface area contributed by atoms with Crippen molar-refractivity contribution >= 4 is 42.5 Å². The topological polar surface area (TPSA) is 0 Å². The van der Waals surface area contributed by atoms with Gasteiger partial charge in [-0.25, -0.2) is 27.5 Å². The summed E-state index contributed by atoms with van der Waals surface area (Å²) in [5.74, 6) is -9.12. The second-order valence-electron chi connectivity index (χ2n) is 7.08. The molecule has 0 bridgehead atoms. The van der Waals surface area contributed by atoms with Gasteiger partial charge in [-0.05, 0) is 0 Å². The Morgan fingerprint density at radius 2 is 1.29 bits per heavy atom. The summed E-state index contributed by atoms with van der Waals surface area (Å²) in [6.07, 6.45) is 3.36. The zero-order chi connectivity index (χ0) is 23.5. The molecule has 1 aliphatic carbocycles. The SMILES string of the molecule is CC1=[C-]C(C)C(C)=C1C.Cl.Cl.Fc1c(F)c(F)c(-c2c[cH-]c3ccccc23)c(F)c1F.[CH3-].[CH3-].[Si]=[Zr]. The molecule has 0 saturated heterocycles. The summed E-state index contributed by atoms with van der Waals surface area (Å²) in [6.45, 7) is 11.7. The third-order valence-corrected chi connectivity index (χ3v) is 5.40. The van der Waals surface area contributed by atoms with Crippen LogP contribution in [0.4, 0.5) is 22.0 Å². The third-order valence-electron chi connectivity index (χ3n) is 5.40. The Balaban J connectivity index is -0.000000590. The first-order chi connectivity index (χ1) is 14.6. The summed E-state index contributed by atoms with van der Waals surface area (Å²) in [7, 11) is 0. The monoisotopic (exact) mass is 622 g/mol. The number of rotatable bonds is 1. The molecule has 0 aromatic heterocycles. The summed E-state index contributed by atoms with van der Waals surface area (Å²) in [4.78, 5) is 0. The molecule has 0 aliphatic heterocycles. The molecular formula is C26H27Cl2F5SiZr-4. The summed E-state index contributed by atoms with van der Waals surface area (Å²) >= 11 is 1.36. The minimum absolute atomic E-state index is 0.